The van der Waals surface area contributed by atoms with Crippen LogP contribution in [0.2, 0.25) is 5.02 Å². The van der Waals surface area contributed by atoms with Crippen LogP contribution in [0.15, 0.2) is 60.9 Å². The van der Waals surface area contributed by atoms with E-state index in [9.17, 15) is 9.59 Å². The molecule has 1 atom stereocenters. The van der Waals surface area contributed by atoms with Crippen molar-refractivity contribution in [1.29, 1.82) is 0 Å². The lowest BCUT2D eigenvalue weighted by Crippen LogP contribution is -2.45. The van der Waals surface area contributed by atoms with Gasteiger partial charge in [-0.15, -0.1) is 5.10 Å². The molecule has 0 aliphatic rings. The fraction of sp³-hybridized carbons (Fsp3) is 0.304. The first-order valence-corrected chi connectivity index (χ1v) is 10.6. The van der Waals surface area contributed by atoms with E-state index in [2.05, 4.69) is 20.9 Å². The summed E-state index contributed by atoms with van der Waals surface area (Å²) in [7, 11) is 0. The van der Waals surface area contributed by atoms with Gasteiger partial charge in [-0.25, -0.2) is 4.68 Å². The summed E-state index contributed by atoms with van der Waals surface area (Å²) in [6, 6.07) is 13.9. The number of ether oxygens (including phenoxy) is 1. The average Bonchev–Trinajstić information content (AvgIpc) is 3.25. The molecule has 0 radical (unpaired) electrons. The van der Waals surface area contributed by atoms with Crippen molar-refractivity contribution in [1.82, 2.24) is 20.3 Å². The number of aromatic nitrogens is 3. The first-order valence-electron chi connectivity index (χ1n) is 10.2. The maximum absolute atomic E-state index is 12.7. The molecular formula is C23H26ClN5O3. The van der Waals surface area contributed by atoms with Crippen LogP contribution in [0, 0.1) is 0 Å². The molecule has 1 amide bonds. The van der Waals surface area contributed by atoms with Crippen LogP contribution in [0.4, 0.5) is 5.69 Å². The molecule has 0 aliphatic carbocycles. The molecule has 0 saturated carbocycles. The lowest BCUT2D eigenvalue weighted by atomic mass is 10.1. The van der Waals surface area contributed by atoms with E-state index in [-0.39, 0.29) is 12.5 Å². The molecule has 9 heteroatoms. The topological polar surface area (TPSA) is 98.1 Å². The largest absolute Gasteiger partial charge is 0.459 e. The number of benzene rings is 2. The van der Waals surface area contributed by atoms with Gasteiger partial charge < -0.3 is 10.1 Å². The van der Waals surface area contributed by atoms with Crippen molar-refractivity contribution < 1.29 is 14.3 Å². The Morgan fingerprint density at radius 3 is 2.56 bits per heavy atom. The number of rotatable bonds is 8. The van der Waals surface area contributed by atoms with Crippen LogP contribution in [0.3, 0.4) is 0 Å². The number of anilines is 1. The summed E-state index contributed by atoms with van der Waals surface area (Å²) >= 11 is 6.11. The molecule has 1 aromatic heterocycles. The van der Waals surface area contributed by atoms with Gasteiger partial charge in [-0.05, 0) is 51.0 Å². The van der Waals surface area contributed by atoms with E-state index in [1.54, 1.807) is 24.4 Å². The second-order valence-electron chi connectivity index (χ2n) is 8.21. The highest BCUT2D eigenvalue weighted by Gasteiger charge is 2.26. The Hall–Kier alpha value is -3.23. The lowest BCUT2D eigenvalue weighted by Gasteiger charge is -2.24. The normalized spacial score (nSPS) is 12.2. The highest BCUT2D eigenvalue weighted by atomic mass is 35.5. The average molecular weight is 456 g/mol. The molecule has 0 saturated heterocycles. The smallest absolute Gasteiger partial charge is 0.324 e. The molecule has 1 unspecified atom stereocenters. The van der Waals surface area contributed by atoms with Crippen LogP contribution in [0.1, 0.15) is 26.3 Å². The molecule has 0 aliphatic heterocycles. The van der Waals surface area contributed by atoms with Gasteiger partial charge in [0, 0.05) is 5.02 Å². The first-order chi connectivity index (χ1) is 15.2. The SMILES string of the molecule is CC(C)(C)OC(=O)C(Cc1ccccc1)NCC(=O)Nc1cc(Cl)ccc1-n1ccnn1. The number of carbonyl (C=O) groups excluding carboxylic acids is 2. The fourth-order valence-electron chi connectivity index (χ4n) is 3.02. The van der Waals surface area contributed by atoms with Gasteiger partial charge in [0.15, 0.2) is 0 Å². The van der Waals surface area contributed by atoms with E-state index in [0.717, 1.165) is 5.56 Å². The third-order valence-corrected chi connectivity index (χ3v) is 4.62. The summed E-state index contributed by atoms with van der Waals surface area (Å²) in [4.78, 5) is 25.4. The van der Waals surface area contributed by atoms with Crippen molar-refractivity contribution in [2.45, 2.75) is 38.8 Å². The second kappa shape index (κ2) is 10.4. The number of halogens is 1. The van der Waals surface area contributed by atoms with E-state index in [0.29, 0.717) is 22.8 Å². The molecular weight excluding hydrogens is 430 g/mol. The Labute approximate surface area is 191 Å². The van der Waals surface area contributed by atoms with E-state index in [4.69, 9.17) is 16.3 Å². The van der Waals surface area contributed by atoms with E-state index in [1.165, 1.54) is 10.9 Å². The number of carbonyl (C=O) groups is 2. The number of hydrogen-bond donors (Lipinski definition) is 2. The van der Waals surface area contributed by atoms with Crippen LogP contribution < -0.4 is 10.6 Å². The summed E-state index contributed by atoms with van der Waals surface area (Å²) in [5.74, 6) is -0.754. The van der Waals surface area contributed by atoms with Gasteiger partial charge in [0.25, 0.3) is 0 Å². The van der Waals surface area contributed by atoms with Gasteiger partial charge in [0.2, 0.25) is 5.91 Å². The lowest BCUT2D eigenvalue weighted by molar-refractivity contribution is -0.157. The maximum atomic E-state index is 12.7. The van der Waals surface area contributed by atoms with Crippen molar-refractivity contribution in [3.05, 3.63) is 71.5 Å². The summed E-state index contributed by atoms with van der Waals surface area (Å²) in [6.07, 6.45) is 3.59. The number of nitrogens with zero attached hydrogens (tertiary/aromatic N) is 3. The molecule has 2 aromatic carbocycles. The maximum Gasteiger partial charge on any atom is 0.324 e. The molecule has 1 heterocycles. The van der Waals surface area contributed by atoms with E-state index >= 15 is 0 Å². The number of hydrogen-bond acceptors (Lipinski definition) is 6. The van der Waals surface area contributed by atoms with Crippen molar-refractivity contribution in [3.8, 4) is 5.69 Å². The predicted octanol–water partition coefficient (Wildman–Crippen LogP) is 3.40. The van der Waals surface area contributed by atoms with Gasteiger partial charge >= 0.3 is 5.97 Å². The minimum absolute atomic E-state index is 0.0972. The number of amides is 1. The Balaban J connectivity index is 1.70. The molecule has 0 spiro atoms. The summed E-state index contributed by atoms with van der Waals surface area (Å²) in [5, 5.41) is 14.1. The third-order valence-electron chi connectivity index (χ3n) is 4.39. The minimum atomic E-state index is -0.684. The molecule has 3 rings (SSSR count). The Morgan fingerprint density at radius 1 is 1.16 bits per heavy atom. The van der Waals surface area contributed by atoms with Gasteiger partial charge in [-0.3, -0.25) is 14.9 Å². The van der Waals surface area contributed by atoms with Crippen molar-refractivity contribution in [2.24, 2.45) is 0 Å². The highest BCUT2D eigenvalue weighted by molar-refractivity contribution is 6.31. The Kier molecular flexibility index (Phi) is 7.61. The Bertz CT molecular complexity index is 1050. The minimum Gasteiger partial charge on any atom is -0.459 e. The molecule has 2 N–H and O–H groups in total. The monoisotopic (exact) mass is 455 g/mol. The van der Waals surface area contributed by atoms with Crippen LogP contribution in [0.25, 0.3) is 5.69 Å². The van der Waals surface area contributed by atoms with Crippen molar-refractivity contribution in [3.63, 3.8) is 0 Å². The molecule has 168 valence electrons. The van der Waals surface area contributed by atoms with Crippen molar-refractivity contribution in [2.75, 3.05) is 11.9 Å². The zero-order valence-electron chi connectivity index (χ0n) is 18.2. The summed E-state index contributed by atoms with van der Waals surface area (Å²) in [5.41, 5.74) is 1.42. The zero-order chi connectivity index (χ0) is 23.1. The van der Waals surface area contributed by atoms with Gasteiger partial charge in [-0.1, -0.05) is 47.1 Å². The molecule has 0 bridgehead atoms. The number of nitrogens with one attached hydrogen (secondary N) is 2. The second-order valence-corrected chi connectivity index (χ2v) is 8.65. The van der Waals surface area contributed by atoms with Crippen LogP contribution in [0.5, 0.6) is 0 Å². The van der Waals surface area contributed by atoms with Gasteiger partial charge in [-0.2, -0.15) is 0 Å². The standard InChI is InChI=1S/C23H26ClN5O3/c1-23(2,3)32-22(31)19(13-16-7-5-4-6-8-16)25-15-21(30)27-18-14-17(24)9-10-20(18)29-12-11-26-28-29/h4-12,14,19,25H,13,15H2,1-3H3,(H,27,30). The third kappa shape index (κ3) is 6.90. The fourth-order valence-corrected chi connectivity index (χ4v) is 3.19. The molecule has 3 aromatic rings. The summed E-state index contributed by atoms with van der Waals surface area (Å²) in [6.45, 7) is 5.33. The van der Waals surface area contributed by atoms with Crippen molar-refractivity contribution >= 4 is 29.2 Å². The molecule has 0 fully saturated rings. The van der Waals surface area contributed by atoms with Crippen LogP contribution >= 0.6 is 11.6 Å². The quantitative estimate of drug-likeness (QED) is 0.505. The predicted molar refractivity (Wildman–Crippen MR) is 123 cm³/mol. The van der Waals surface area contributed by atoms with Gasteiger partial charge in [0.1, 0.15) is 11.6 Å². The molecule has 8 nitrogen and oxygen atoms in total. The molecule has 32 heavy (non-hydrogen) atoms. The van der Waals surface area contributed by atoms with Crippen LogP contribution in [-0.2, 0) is 20.7 Å². The highest BCUT2D eigenvalue weighted by Crippen LogP contribution is 2.24. The Morgan fingerprint density at radius 2 is 1.91 bits per heavy atom. The van der Waals surface area contributed by atoms with E-state index < -0.39 is 17.6 Å². The zero-order valence-corrected chi connectivity index (χ0v) is 19.0. The number of esters is 1. The van der Waals surface area contributed by atoms with E-state index in [1.807, 2.05) is 51.1 Å². The first kappa shape index (κ1) is 23.4. The van der Waals surface area contributed by atoms with Gasteiger partial charge in [0.05, 0.1) is 30.3 Å². The summed E-state index contributed by atoms with van der Waals surface area (Å²) < 4.78 is 7.06. The van der Waals surface area contributed by atoms with Crippen LogP contribution in [-0.4, -0.2) is 45.1 Å².